The molecule has 1 aliphatic heterocycles. The fraction of sp³-hybridized carbons (Fsp3) is 0.389. The van der Waals surface area contributed by atoms with Crippen LogP contribution in [0, 0.1) is 12.8 Å². The van der Waals surface area contributed by atoms with E-state index in [0.717, 1.165) is 83.7 Å². The summed E-state index contributed by atoms with van der Waals surface area (Å²) in [5.41, 5.74) is 8.50. The SMILES string of the molecule is C=C1CC[C@@H](CNCc2ncc(-c3cccc(-c4cccc(-c5cnc(CNCC6CC(O)C6)c(OC)n5)c4C)c3Cl)nc2OC)N1. The maximum atomic E-state index is 9.54. The predicted molar refractivity (Wildman–Crippen MR) is 184 cm³/mol. The zero-order valence-corrected chi connectivity index (χ0v) is 27.9. The highest BCUT2D eigenvalue weighted by Crippen LogP contribution is 2.40. The van der Waals surface area contributed by atoms with Crippen LogP contribution in [0.3, 0.4) is 0 Å². The molecule has 1 saturated heterocycles. The third-order valence-corrected chi connectivity index (χ3v) is 9.41. The first-order valence-electron chi connectivity index (χ1n) is 16.1. The maximum absolute atomic E-state index is 9.54. The van der Waals surface area contributed by atoms with Gasteiger partial charge in [-0.3, -0.25) is 9.97 Å². The molecule has 1 aliphatic carbocycles. The Labute approximate surface area is 281 Å². The van der Waals surface area contributed by atoms with Crippen molar-refractivity contribution in [2.45, 2.75) is 57.8 Å². The van der Waals surface area contributed by atoms with Crippen LogP contribution in [0.1, 0.15) is 42.6 Å². The number of rotatable bonds is 13. The van der Waals surface area contributed by atoms with E-state index in [-0.39, 0.29) is 6.10 Å². The van der Waals surface area contributed by atoms with Gasteiger partial charge in [0.1, 0.15) is 11.4 Å². The van der Waals surface area contributed by atoms with E-state index >= 15 is 0 Å². The van der Waals surface area contributed by atoms with Crippen molar-refractivity contribution in [3.05, 3.63) is 83.0 Å². The largest absolute Gasteiger partial charge is 0.480 e. The summed E-state index contributed by atoms with van der Waals surface area (Å²) in [6.45, 7) is 8.80. The molecule has 1 atom stereocenters. The number of nitrogens with one attached hydrogen (secondary N) is 3. The zero-order valence-electron chi connectivity index (χ0n) is 27.1. The topological polar surface area (TPSA) is 126 Å². The van der Waals surface area contributed by atoms with Gasteiger partial charge < -0.3 is 30.5 Å². The Morgan fingerprint density at radius 1 is 0.872 bits per heavy atom. The summed E-state index contributed by atoms with van der Waals surface area (Å²) in [6, 6.07) is 12.4. The van der Waals surface area contributed by atoms with Crippen molar-refractivity contribution in [3.63, 3.8) is 0 Å². The van der Waals surface area contributed by atoms with Gasteiger partial charge in [-0.1, -0.05) is 54.6 Å². The molecule has 6 rings (SSSR count). The average molecular weight is 656 g/mol. The summed E-state index contributed by atoms with van der Waals surface area (Å²) < 4.78 is 11.3. The molecule has 246 valence electrons. The van der Waals surface area contributed by atoms with Gasteiger partial charge in [0, 0.05) is 48.1 Å². The summed E-state index contributed by atoms with van der Waals surface area (Å²) >= 11 is 7.11. The lowest BCUT2D eigenvalue weighted by molar-refractivity contribution is 0.0429. The van der Waals surface area contributed by atoms with Crippen molar-refractivity contribution in [1.29, 1.82) is 0 Å². The fourth-order valence-corrected chi connectivity index (χ4v) is 6.65. The molecule has 2 fully saturated rings. The first kappa shape index (κ1) is 32.8. The lowest BCUT2D eigenvalue weighted by Gasteiger charge is -2.31. The molecule has 0 spiro atoms. The Kier molecular flexibility index (Phi) is 10.3. The third-order valence-electron chi connectivity index (χ3n) is 9.01. The molecular formula is C36H42ClN7O3. The highest BCUT2D eigenvalue weighted by molar-refractivity contribution is 6.36. The Bertz CT molecular complexity index is 1740. The minimum Gasteiger partial charge on any atom is -0.480 e. The zero-order chi connectivity index (χ0) is 32.9. The van der Waals surface area contributed by atoms with Crippen molar-refractivity contribution >= 4 is 11.6 Å². The summed E-state index contributed by atoms with van der Waals surface area (Å²) in [6.07, 6.45) is 7.15. The van der Waals surface area contributed by atoms with Crippen LogP contribution in [-0.4, -0.2) is 64.5 Å². The van der Waals surface area contributed by atoms with Crippen LogP contribution in [0.25, 0.3) is 33.6 Å². The number of hydrogen-bond donors (Lipinski definition) is 4. The molecule has 2 aliphatic rings. The number of methoxy groups -OCH3 is 2. The van der Waals surface area contributed by atoms with Gasteiger partial charge in [0.25, 0.3) is 0 Å². The summed E-state index contributed by atoms with van der Waals surface area (Å²) in [4.78, 5) is 19.0. The van der Waals surface area contributed by atoms with E-state index in [1.807, 2.05) is 30.3 Å². The van der Waals surface area contributed by atoms with Gasteiger partial charge in [0.15, 0.2) is 0 Å². The molecule has 11 heteroatoms. The molecule has 10 nitrogen and oxygen atoms in total. The van der Waals surface area contributed by atoms with Crippen molar-refractivity contribution < 1.29 is 14.6 Å². The molecule has 0 unspecified atom stereocenters. The van der Waals surface area contributed by atoms with E-state index in [9.17, 15) is 5.11 Å². The smallest absolute Gasteiger partial charge is 0.237 e. The Morgan fingerprint density at radius 2 is 1.45 bits per heavy atom. The normalized spacial score (nSPS) is 18.9. The van der Waals surface area contributed by atoms with Crippen LogP contribution in [0.5, 0.6) is 11.8 Å². The molecule has 0 radical (unpaired) electrons. The number of aliphatic hydroxyl groups excluding tert-OH is 1. The fourth-order valence-electron chi connectivity index (χ4n) is 6.33. The number of benzene rings is 2. The van der Waals surface area contributed by atoms with Crippen LogP contribution in [0.15, 0.2) is 61.1 Å². The van der Waals surface area contributed by atoms with E-state index < -0.39 is 0 Å². The van der Waals surface area contributed by atoms with E-state index in [1.165, 1.54) is 0 Å². The second kappa shape index (κ2) is 14.8. The van der Waals surface area contributed by atoms with Crippen molar-refractivity contribution in [1.82, 2.24) is 35.9 Å². The molecule has 4 aromatic rings. The van der Waals surface area contributed by atoms with Gasteiger partial charge in [-0.2, -0.15) is 0 Å². The minimum atomic E-state index is -0.158. The molecule has 4 N–H and O–H groups in total. The van der Waals surface area contributed by atoms with E-state index in [2.05, 4.69) is 35.5 Å². The Balaban J connectivity index is 1.21. The van der Waals surface area contributed by atoms with Crippen molar-refractivity contribution in [2.75, 3.05) is 27.3 Å². The molecule has 0 bridgehead atoms. The average Bonchev–Trinajstić information content (AvgIpc) is 3.49. The van der Waals surface area contributed by atoms with Crippen molar-refractivity contribution in [3.8, 4) is 45.4 Å². The highest BCUT2D eigenvalue weighted by atomic mass is 35.5. The number of allylic oxidation sites excluding steroid dienone is 1. The van der Waals surface area contributed by atoms with E-state index in [1.54, 1.807) is 26.6 Å². The molecule has 47 heavy (non-hydrogen) atoms. The number of ether oxygens (including phenoxy) is 2. The second-order valence-electron chi connectivity index (χ2n) is 12.3. The first-order valence-corrected chi connectivity index (χ1v) is 16.4. The molecular weight excluding hydrogens is 614 g/mol. The first-order chi connectivity index (χ1) is 22.8. The maximum Gasteiger partial charge on any atom is 0.237 e. The van der Waals surface area contributed by atoms with Crippen LogP contribution in [0.4, 0.5) is 0 Å². The number of hydrogen-bond acceptors (Lipinski definition) is 10. The monoisotopic (exact) mass is 655 g/mol. The van der Waals surface area contributed by atoms with Crippen LogP contribution in [0.2, 0.25) is 5.02 Å². The van der Waals surface area contributed by atoms with Gasteiger partial charge in [0.2, 0.25) is 11.8 Å². The van der Waals surface area contributed by atoms with Gasteiger partial charge in [-0.15, -0.1) is 0 Å². The van der Waals surface area contributed by atoms with Gasteiger partial charge >= 0.3 is 0 Å². The standard InChI is InChI=1S/C36H42ClN7O3/c1-21-11-12-24(42-21)16-39-18-33-36(47-4)44-31(20-41-33)29-10-6-9-28(34(29)37)26-7-5-8-27(22(26)2)30-19-40-32(35(43-30)46-3)17-38-15-23-13-25(45)14-23/h5-10,19-20,23-25,38-39,42,45H,1,11-18H2,2-4H3/t23?,24-,25?/m0/s1. The second-order valence-corrected chi connectivity index (χ2v) is 12.7. The number of aliphatic hydroxyl groups is 1. The Hall–Kier alpha value is -4.09. The van der Waals surface area contributed by atoms with Crippen LogP contribution >= 0.6 is 11.6 Å². The van der Waals surface area contributed by atoms with E-state index in [4.69, 9.17) is 41.0 Å². The molecule has 0 amide bonds. The Morgan fingerprint density at radius 3 is 2.04 bits per heavy atom. The lowest BCUT2D eigenvalue weighted by atomic mass is 9.82. The molecule has 2 aromatic carbocycles. The minimum absolute atomic E-state index is 0.158. The molecule has 1 saturated carbocycles. The summed E-state index contributed by atoms with van der Waals surface area (Å²) in [7, 11) is 3.22. The van der Waals surface area contributed by atoms with Crippen LogP contribution in [-0.2, 0) is 13.1 Å². The summed E-state index contributed by atoms with van der Waals surface area (Å²) in [5, 5.41) is 20.4. The quantitative estimate of drug-likeness (QED) is 0.147. The summed E-state index contributed by atoms with van der Waals surface area (Å²) in [5.74, 6) is 1.45. The van der Waals surface area contributed by atoms with Crippen LogP contribution < -0.4 is 25.4 Å². The third kappa shape index (κ3) is 7.41. The lowest BCUT2D eigenvalue weighted by Crippen LogP contribution is -2.36. The highest BCUT2D eigenvalue weighted by Gasteiger charge is 2.26. The van der Waals surface area contributed by atoms with Gasteiger partial charge in [-0.05, 0) is 56.2 Å². The molecule has 3 heterocycles. The van der Waals surface area contributed by atoms with Crippen molar-refractivity contribution in [2.24, 2.45) is 5.92 Å². The van der Waals surface area contributed by atoms with E-state index in [0.29, 0.717) is 53.2 Å². The number of halogens is 1. The number of nitrogens with zero attached hydrogens (tertiary/aromatic N) is 4. The van der Waals surface area contributed by atoms with Gasteiger partial charge in [0.05, 0.1) is 49.1 Å². The molecule has 2 aromatic heterocycles. The van der Waals surface area contributed by atoms with Gasteiger partial charge in [-0.25, -0.2) is 9.97 Å². The predicted octanol–water partition coefficient (Wildman–Crippen LogP) is 5.46. The number of aromatic nitrogens is 4.